The molecule has 7 rings (SSSR count). The summed E-state index contributed by atoms with van der Waals surface area (Å²) in [6.07, 6.45) is -5.58. The zero-order valence-electron chi connectivity index (χ0n) is 49.8. The minimum absolute atomic E-state index is 0.0343. The SMILES string of the molecule is CO/N=C/[C@H](OC(=O)c1ccc(C)cc1)[C@@H](OC(=O)c1ccc(C)cc1)[C@H](Br)COC(=O)c1ccc(C)cc1.CO/N=C/[C@H](OC(=O)c1ccc(C)cc1)[C@@H](OC(=O)c1ccc(C)cc1)[C@H](COC(=O)c1ccc(C)cc1)OS(=O)(=O)c1cc(Cl)c(Cl)cc1Cl. The van der Waals surface area contributed by atoms with Crippen LogP contribution in [0, 0.1) is 41.5 Å². The summed E-state index contributed by atoms with van der Waals surface area (Å²) < 4.78 is 67.4. The fourth-order valence-corrected chi connectivity index (χ4v) is 10.5. The van der Waals surface area contributed by atoms with Crippen LogP contribution in [0.25, 0.3) is 0 Å². The first kappa shape index (κ1) is 70.6. The Morgan fingerprint density at radius 1 is 0.422 bits per heavy atom. The molecule has 0 fully saturated rings. The van der Waals surface area contributed by atoms with Crippen molar-refractivity contribution in [1.29, 1.82) is 0 Å². The van der Waals surface area contributed by atoms with Crippen LogP contribution in [0.4, 0.5) is 0 Å². The number of alkyl halides is 1. The number of nitrogens with zero attached hydrogens (tertiary/aromatic N) is 2. The molecule has 0 spiro atoms. The van der Waals surface area contributed by atoms with Crippen LogP contribution >= 0.6 is 50.7 Å². The molecule has 0 heterocycles. The van der Waals surface area contributed by atoms with Crippen LogP contribution in [0.5, 0.6) is 0 Å². The van der Waals surface area contributed by atoms with Gasteiger partial charge in [-0.05, 0) is 126 Å². The van der Waals surface area contributed by atoms with E-state index in [0.717, 1.165) is 51.7 Å². The van der Waals surface area contributed by atoms with Gasteiger partial charge in [0, 0.05) is 0 Å². The number of hydrogen-bond donors (Lipinski definition) is 0. The van der Waals surface area contributed by atoms with Gasteiger partial charge in [-0.25, -0.2) is 28.8 Å². The number of esters is 6. The average Bonchev–Trinajstić information content (AvgIpc) is 1.68. The molecule has 0 aliphatic heterocycles. The van der Waals surface area contributed by atoms with Gasteiger partial charge >= 0.3 is 35.8 Å². The second kappa shape index (κ2) is 33.9. The smallest absolute Gasteiger partial charge is 0.338 e. The Hall–Kier alpha value is -8.44. The number of aryl methyl sites for hydroxylation is 6. The lowest BCUT2D eigenvalue weighted by molar-refractivity contribution is -0.0685. The van der Waals surface area contributed by atoms with Gasteiger partial charge in [-0.1, -0.05) is 167 Å². The van der Waals surface area contributed by atoms with Crippen molar-refractivity contribution < 1.29 is 79.5 Å². The predicted molar refractivity (Wildman–Crippen MR) is 342 cm³/mol. The Kier molecular flexibility index (Phi) is 26.6. The lowest BCUT2D eigenvalue weighted by Gasteiger charge is -2.30. The van der Waals surface area contributed by atoms with E-state index in [4.69, 9.17) is 77.1 Å². The third-order valence-corrected chi connectivity index (χ3v) is 16.2. The van der Waals surface area contributed by atoms with Crippen molar-refractivity contribution in [2.75, 3.05) is 27.4 Å². The molecular formula is C66H62BrCl3N2O17S. The fraction of sp³-hybridized carbons (Fsp3) is 0.242. The van der Waals surface area contributed by atoms with Crippen LogP contribution in [-0.4, -0.2) is 119 Å². The van der Waals surface area contributed by atoms with Crippen molar-refractivity contribution in [1.82, 2.24) is 0 Å². The van der Waals surface area contributed by atoms with Crippen molar-refractivity contribution in [3.05, 3.63) is 240 Å². The van der Waals surface area contributed by atoms with E-state index in [1.807, 2.05) is 41.5 Å². The second-order valence-corrected chi connectivity index (χ2v) is 24.0. The van der Waals surface area contributed by atoms with Crippen LogP contribution in [0.2, 0.25) is 15.1 Å². The van der Waals surface area contributed by atoms with E-state index in [1.165, 1.54) is 56.8 Å². The zero-order chi connectivity index (χ0) is 65.7. The topological polar surface area (TPSA) is 244 Å². The summed E-state index contributed by atoms with van der Waals surface area (Å²) in [4.78, 5) is 87.0. The molecule has 0 bridgehead atoms. The molecule has 0 radical (unpaired) electrons. The second-order valence-electron chi connectivity index (χ2n) is 20.0. The van der Waals surface area contributed by atoms with Crippen LogP contribution in [0.1, 0.15) is 95.5 Å². The molecular weight excluding hydrogens is 1310 g/mol. The maximum atomic E-state index is 13.8. The number of halogens is 4. The van der Waals surface area contributed by atoms with E-state index in [0.29, 0.717) is 16.7 Å². The van der Waals surface area contributed by atoms with Gasteiger partial charge in [0.2, 0.25) is 0 Å². The van der Waals surface area contributed by atoms with Crippen molar-refractivity contribution in [3.8, 4) is 0 Å². The highest BCUT2D eigenvalue weighted by Crippen LogP contribution is 2.34. The number of rotatable bonds is 25. The van der Waals surface area contributed by atoms with Gasteiger partial charge < -0.3 is 38.1 Å². The van der Waals surface area contributed by atoms with Gasteiger partial charge in [-0.15, -0.1) is 0 Å². The molecule has 24 heteroatoms. The molecule has 0 aromatic heterocycles. The number of carbonyl (C=O) groups excluding carboxylic acids is 6. The van der Waals surface area contributed by atoms with Crippen molar-refractivity contribution in [2.45, 2.75) is 81.8 Å². The summed E-state index contributed by atoms with van der Waals surface area (Å²) in [7, 11) is -2.38. The molecule has 472 valence electrons. The van der Waals surface area contributed by atoms with Crippen molar-refractivity contribution >= 4 is 109 Å². The van der Waals surface area contributed by atoms with Gasteiger partial charge in [-0.2, -0.15) is 8.42 Å². The molecule has 0 saturated heterocycles. The van der Waals surface area contributed by atoms with E-state index < -0.39 is 92.8 Å². The van der Waals surface area contributed by atoms with Gasteiger partial charge in [0.1, 0.15) is 32.3 Å². The van der Waals surface area contributed by atoms with Crippen molar-refractivity contribution in [3.63, 3.8) is 0 Å². The first-order chi connectivity index (χ1) is 42.8. The quantitative estimate of drug-likeness (QED) is 0.00982. The number of oxime groups is 2. The van der Waals surface area contributed by atoms with Crippen LogP contribution in [0.3, 0.4) is 0 Å². The highest BCUT2D eigenvalue weighted by Gasteiger charge is 2.42. The Morgan fingerprint density at radius 3 is 1.06 bits per heavy atom. The lowest BCUT2D eigenvalue weighted by Crippen LogP contribution is -2.48. The van der Waals surface area contributed by atoms with E-state index in [9.17, 15) is 37.2 Å². The average molecular weight is 1370 g/mol. The highest BCUT2D eigenvalue weighted by atomic mass is 79.9. The Labute approximate surface area is 544 Å². The molecule has 0 N–H and O–H groups in total. The van der Waals surface area contributed by atoms with E-state index >= 15 is 0 Å². The molecule has 0 amide bonds. The maximum Gasteiger partial charge on any atom is 0.338 e. The molecule has 0 aliphatic rings. The standard InChI is InChI=1S/C36H32Cl3NO10S.C30H30BrNO7/c1-21-5-11-24(12-6-21)34(41)47-20-31(50-51(44,45)32-18-28(38)27(37)17-29(32)39)33(49-36(43)26-15-9-23(3)10-16-26)30(19-40-46-4)48-35(42)25-13-7-22(2)8-14-25;1-19-5-11-22(12-6-19)28(33)37-18-25(31)27(39-30(35)24-15-9-21(3)10-16-24)26(17-32-36-4)38-29(34)23-13-7-20(2)8-14-23/h5-19,30-31,33H,20H2,1-4H3;5-17,25-27H,18H2,1-4H3/b40-19+;32-17+/t30-,31-,33+;25-,26+,27+/m01/s1. The van der Waals surface area contributed by atoms with Crippen LogP contribution in [0.15, 0.2) is 173 Å². The Bertz CT molecular complexity index is 3780. The zero-order valence-corrected chi connectivity index (χ0v) is 54.5. The van der Waals surface area contributed by atoms with E-state index in [2.05, 4.69) is 26.2 Å². The molecule has 7 aromatic carbocycles. The van der Waals surface area contributed by atoms with Crippen LogP contribution in [-0.2, 0) is 52.4 Å². The largest absolute Gasteiger partial charge is 0.461 e. The van der Waals surface area contributed by atoms with Crippen molar-refractivity contribution in [2.24, 2.45) is 10.3 Å². The lowest BCUT2D eigenvalue weighted by atomic mass is 10.1. The molecule has 0 unspecified atom stereocenters. The number of ether oxygens (including phenoxy) is 6. The molecule has 0 saturated carbocycles. The Morgan fingerprint density at radius 2 is 0.711 bits per heavy atom. The van der Waals surface area contributed by atoms with Crippen LogP contribution < -0.4 is 0 Å². The summed E-state index contributed by atoms with van der Waals surface area (Å²) in [6, 6.07) is 41.6. The first-order valence-corrected chi connectivity index (χ1v) is 30.7. The third-order valence-electron chi connectivity index (χ3n) is 12.9. The Balaban J connectivity index is 0.000000297. The van der Waals surface area contributed by atoms with Gasteiger partial charge in [0.15, 0.2) is 30.5 Å². The van der Waals surface area contributed by atoms with Gasteiger partial charge in [-0.3, -0.25) is 4.18 Å². The highest BCUT2D eigenvalue weighted by molar-refractivity contribution is 9.09. The summed E-state index contributed by atoms with van der Waals surface area (Å²) in [5, 5.41) is 6.92. The van der Waals surface area contributed by atoms with Gasteiger partial charge in [0.25, 0.3) is 10.1 Å². The fourth-order valence-electron chi connectivity index (χ4n) is 7.87. The third kappa shape index (κ3) is 21.1. The van der Waals surface area contributed by atoms with E-state index in [1.54, 1.807) is 109 Å². The van der Waals surface area contributed by atoms with E-state index in [-0.39, 0.29) is 38.4 Å². The molecule has 90 heavy (non-hydrogen) atoms. The molecule has 7 aromatic rings. The monoisotopic (exact) mass is 1370 g/mol. The first-order valence-electron chi connectivity index (χ1n) is 27.3. The molecule has 6 atom stereocenters. The molecule has 19 nitrogen and oxygen atoms in total. The maximum absolute atomic E-state index is 13.8. The summed E-state index contributed by atoms with van der Waals surface area (Å²) in [5.74, 6) is -4.60. The molecule has 0 aliphatic carbocycles. The number of carbonyl (C=O) groups is 6. The summed E-state index contributed by atoms with van der Waals surface area (Å²) in [6.45, 7) is 10.1. The normalized spacial score (nSPS) is 13.2. The number of benzene rings is 7. The summed E-state index contributed by atoms with van der Waals surface area (Å²) >= 11 is 21.9. The number of hydrogen-bond acceptors (Lipinski definition) is 19. The van der Waals surface area contributed by atoms with Gasteiger partial charge in [0.05, 0.1) is 65.7 Å². The predicted octanol–water partition coefficient (Wildman–Crippen LogP) is 13.2. The minimum Gasteiger partial charge on any atom is -0.461 e. The minimum atomic E-state index is -4.91. The summed E-state index contributed by atoms with van der Waals surface area (Å²) in [5.41, 5.74) is 6.81.